The molecule has 0 bridgehead atoms. The first-order chi connectivity index (χ1) is 14.3. The molecule has 5 nitrogen and oxygen atoms in total. The van der Waals surface area contributed by atoms with E-state index in [1.807, 2.05) is 24.1 Å². The molecule has 2 aromatic rings. The SMILES string of the molecule is C=C(c1cccc2c1CN(C(C)(C)CCc1ccc(O)c(OC)c1)C2)N(C)CCO. The molecule has 1 aliphatic heterocycles. The van der Waals surface area contributed by atoms with Crippen molar-refractivity contribution >= 4 is 5.70 Å². The number of fused-ring (bicyclic) bond motifs is 1. The zero-order chi connectivity index (χ0) is 21.9. The van der Waals surface area contributed by atoms with Crippen molar-refractivity contribution in [2.45, 2.75) is 45.3 Å². The average Bonchev–Trinajstić information content (AvgIpc) is 3.18. The fourth-order valence-corrected chi connectivity index (χ4v) is 4.10. The van der Waals surface area contributed by atoms with Crippen LogP contribution >= 0.6 is 0 Å². The lowest BCUT2D eigenvalue weighted by Crippen LogP contribution is -2.40. The number of methoxy groups -OCH3 is 1. The molecule has 30 heavy (non-hydrogen) atoms. The monoisotopic (exact) mass is 410 g/mol. The second-order valence-electron chi connectivity index (χ2n) is 8.71. The Kier molecular flexibility index (Phi) is 6.74. The standard InChI is InChI=1S/C25H34N2O3/c1-18(26(4)13-14-28)21-8-6-7-20-16-27(17-22(20)21)25(2,3)12-11-19-9-10-23(29)24(15-19)30-5/h6-10,15,28-29H,1,11-14,16-17H2,2-5H3. The van der Waals surface area contributed by atoms with Crippen molar-refractivity contribution in [2.75, 3.05) is 27.3 Å². The molecule has 1 aliphatic rings. The molecule has 0 fully saturated rings. The Morgan fingerprint density at radius 1 is 1.23 bits per heavy atom. The van der Waals surface area contributed by atoms with Gasteiger partial charge in [-0.15, -0.1) is 0 Å². The van der Waals surface area contributed by atoms with Gasteiger partial charge in [0.2, 0.25) is 0 Å². The smallest absolute Gasteiger partial charge is 0.160 e. The van der Waals surface area contributed by atoms with E-state index < -0.39 is 0 Å². The van der Waals surface area contributed by atoms with Gasteiger partial charge in [-0.05, 0) is 55.5 Å². The number of phenolic OH excluding ortho intramolecular Hbond substituents is 1. The van der Waals surface area contributed by atoms with Crippen molar-refractivity contribution in [1.82, 2.24) is 9.80 Å². The zero-order valence-electron chi connectivity index (χ0n) is 18.6. The first kappa shape index (κ1) is 22.2. The molecule has 2 N–H and O–H groups in total. The summed E-state index contributed by atoms with van der Waals surface area (Å²) in [6, 6.07) is 12.0. The molecular formula is C25H34N2O3. The van der Waals surface area contributed by atoms with Crippen molar-refractivity contribution in [2.24, 2.45) is 0 Å². The van der Waals surface area contributed by atoms with Crippen LogP contribution in [-0.4, -0.2) is 52.9 Å². The molecule has 0 atom stereocenters. The molecule has 2 aromatic carbocycles. The van der Waals surface area contributed by atoms with Crippen LogP contribution in [0.3, 0.4) is 0 Å². The maximum Gasteiger partial charge on any atom is 0.160 e. The van der Waals surface area contributed by atoms with Crippen molar-refractivity contribution in [3.8, 4) is 11.5 Å². The van der Waals surface area contributed by atoms with E-state index in [1.165, 1.54) is 16.7 Å². The third-order valence-electron chi connectivity index (χ3n) is 6.32. The van der Waals surface area contributed by atoms with E-state index in [2.05, 4.69) is 43.5 Å². The Bertz CT molecular complexity index is 907. The van der Waals surface area contributed by atoms with Gasteiger partial charge in [0.15, 0.2) is 11.5 Å². The van der Waals surface area contributed by atoms with Crippen LogP contribution in [0.15, 0.2) is 43.0 Å². The van der Waals surface area contributed by atoms with Gasteiger partial charge < -0.3 is 19.8 Å². The molecule has 0 saturated carbocycles. The minimum absolute atomic E-state index is 0.0136. The van der Waals surface area contributed by atoms with E-state index in [-0.39, 0.29) is 17.9 Å². The van der Waals surface area contributed by atoms with Crippen molar-refractivity contribution in [3.63, 3.8) is 0 Å². The molecule has 0 unspecified atom stereocenters. The van der Waals surface area contributed by atoms with Crippen LogP contribution in [0.1, 0.15) is 42.5 Å². The topological polar surface area (TPSA) is 56.2 Å². The number of hydrogen-bond donors (Lipinski definition) is 2. The lowest BCUT2D eigenvalue weighted by atomic mass is 9.93. The molecule has 3 rings (SSSR count). The average molecular weight is 411 g/mol. The third-order valence-corrected chi connectivity index (χ3v) is 6.32. The predicted octanol–water partition coefficient (Wildman–Crippen LogP) is 4.02. The maximum absolute atomic E-state index is 9.82. The number of aryl methyl sites for hydroxylation is 1. The van der Waals surface area contributed by atoms with Crippen LogP contribution in [0.4, 0.5) is 0 Å². The molecular weight excluding hydrogens is 376 g/mol. The number of benzene rings is 2. The van der Waals surface area contributed by atoms with Gasteiger partial charge >= 0.3 is 0 Å². The zero-order valence-corrected chi connectivity index (χ0v) is 18.6. The Labute approximate surface area is 180 Å². The molecule has 0 radical (unpaired) electrons. The van der Waals surface area contributed by atoms with Gasteiger partial charge in [0, 0.05) is 43.5 Å². The largest absolute Gasteiger partial charge is 0.504 e. The van der Waals surface area contributed by atoms with E-state index >= 15 is 0 Å². The Hall–Kier alpha value is -2.50. The van der Waals surface area contributed by atoms with E-state index in [9.17, 15) is 10.2 Å². The summed E-state index contributed by atoms with van der Waals surface area (Å²) in [5.41, 5.74) is 5.99. The summed E-state index contributed by atoms with van der Waals surface area (Å²) in [4.78, 5) is 4.54. The van der Waals surface area contributed by atoms with Crippen molar-refractivity contribution in [1.29, 1.82) is 0 Å². The molecule has 162 valence electrons. The number of aliphatic hydroxyl groups is 1. The lowest BCUT2D eigenvalue weighted by molar-refractivity contribution is 0.109. The summed E-state index contributed by atoms with van der Waals surface area (Å²) in [6.45, 7) is 11.4. The predicted molar refractivity (Wildman–Crippen MR) is 121 cm³/mol. The number of phenols is 1. The molecule has 0 aliphatic carbocycles. The number of aliphatic hydroxyl groups excluding tert-OH is 1. The summed E-state index contributed by atoms with van der Waals surface area (Å²) in [6.07, 6.45) is 1.91. The van der Waals surface area contributed by atoms with Gasteiger partial charge in [0.1, 0.15) is 0 Å². The third kappa shape index (κ3) is 4.63. The van der Waals surface area contributed by atoms with Gasteiger partial charge in [-0.3, -0.25) is 4.90 Å². The van der Waals surface area contributed by atoms with E-state index in [0.717, 1.165) is 37.2 Å². The first-order valence-electron chi connectivity index (χ1n) is 10.5. The van der Waals surface area contributed by atoms with Crippen molar-refractivity contribution < 1.29 is 14.9 Å². The van der Waals surface area contributed by atoms with Crippen LogP contribution in [0.25, 0.3) is 5.70 Å². The summed E-state index contributed by atoms with van der Waals surface area (Å²) in [5.74, 6) is 0.698. The Morgan fingerprint density at radius 3 is 2.70 bits per heavy atom. The van der Waals surface area contributed by atoms with Crippen LogP contribution < -0.4 is 4.74 Å². The fraction of sp³-hybridized carbons (Fsp3) is 0.440. The minimum atomic E-state index is 0.0136. The Balaban J connectivity index is 1.72. The van der Waals surface area contributed by atoms with Gasteiger partial charge in [0.05, 0.1) is 13.7 Å². The van der Waals surface area contributed by atoms with Crippen LogP contribution in [0, 0.1) is 0 Å². The quantitative estimate of drug-likeness (QED) is 0.654. The van der Waals surface area contributed by atoms with Crippen LogP contribution in [0.2, 0.25) is 0 Å². The number of aromatic hydroxyl groups is 1. The molecule has 0 spiro atoms. The molecule has 5 heteroatoms. The normalized spacial score (nSPS) is 13.9. The number of hydrogen-bond acceptors (Lipinski definition) is 5. The number of likely N-dealkylation sites (N-methyl/N-ethyl adjacent to an activating group) is 1. The second-order valence-corrected chi connectivity index (χ2v) is 8.71. The minimum Gasteiger partial charge on any atom is -0.504 e. The van der Waals surface area contributed by atoms with E-state index in [0.29, 0.717) is 12.3 Å². The highest BCUT2D eigenvalue weighted by Crippen LogP contribution is 2.36. The van der Waals surface area contributed by atoms with Crippen molar-refractivity contribution in [3.05, 3.63) is 65.2 Å². The highest BCUT2D eigenvalue weighted by atomic mass is 16.5. The summed E-state index contributed by atoms with van der Waals surface area (Å²) < 4.78 is 5.24. The fourth-order valence-electron chi connectivity index (χ4n) is 4.10. The summed E-state index contributed by atoms with van der Waals surface area (Å²) in [7, 11) is 3.55. The van der Waals surface area contributed by atoms with Crippen LogP contribution in [0.5, 0.6) is 11.5 Å². The maximum atomic E-state index is 9.82. The van der Waals surface area contributed by atoms with Gasteiger partial charge in [-0.2, -0.15) is 0 Å². The second kappa shape index (κ2) is 9.11. The summed E-state index contributed by atoms with van der Waals surface area (Å²) >= 11 is 0. The summed E-state index contributed by atoms with van der Waals surface area (Å²) in [5, 5.41) is 19.1. The Morgan fingerprint density at radius 2 is 2.00 bits per heavy atom. The molecule has 0 saturated heterocycles. The first-order valence-corrected chi connectivity index (χ1v) is 10.5. The van der Waals surface area contributed by atoms with E-state index in [4.69, 9.17) is 4.74 Å². The van der Waals surface area contributed by atoms with Crippen LogP contribution in [-0.2, 0) is 19.5 Å². The molecule has 0 aromatic heterocycles. The highest BCUT2D eigenvalue weighted by molar-refractivity contribution is 5.66. The van der Waals surface area contributed by atoms with Gasteiger partial charge in [-0.1, -0.05) is 30.8 Å². The number of rotatable bonds is 9. The highest BCUT2D eigenvalue weighted by Gasteiger charge is 2.33. The van der Waals surface area contributed by atoms with Gasteiger partial charge in [-0.25, -0.2) is 0 Å². The van der Waals surface area contributed by atoms with E-state index in [1.54, 1.807) is 13.2 Å². The number of ether oxygens (including phenoxy) is 1. The number of nitrogens with zero attached hydrogens (tertiary/aromatic N) is 2. The lowest BCUT2D eigenvalue weighted by Gasteiger charge is -2.36. The van der Waals surface area contributed by atoms with Gasteiger partial charge in [0.25, 0.3) is 0 Å². The molecule has 0 amide bonds. The molecule has 1 heterocycles.